The largest absolute Gasteiger partial charge is 0.365 e. The van der Waals surface area contributed by atoms with Crippen LogP contribution in [0.4, 0.5) is 5.69 Å². The number of carbonyl (C=O) groups is 1. The van der Waals surface area contributed by atoms with Crippen LogP contribution in [-0.4, -0.2) is 46.7 Å². The number of benzene rings is 2. The number of aromatic nitrogens is 2. The van der Waals surface area contributed by atoms with Crippen molar-refractivity contribution in [2.75, 3.05) is 24.5 Å². The lowest BCUT2D eigenvalue weighted by Crippen LogP contribution is -2.53. The quantitative estimate of drug-likeness (QED) is 0.753. The molecule has 28 heavy (non-hydrogen) atoms. The van der Waals surface area contributed by atoms with Gasteiger partial charge in [-0.3, -0.25) is 9.89 Å². The first-order chi connectivity index (χ1) is 13.5. The molecule has 3 aromatic rings. The van der Waals surface area contributed by atoms with Crippen molar-refractivity contribution in [2.24, 2.45) is 0 Å². The Labute approximate surface area is 166 Å². The van der Waals surface area contributed by atoms with E-state index < -0.39 is 0 Å². The summed E-state index contributed by atoms with van der Waals surface area (Å²) in [7, 11) is 0. The highest BCUT2D eigenvalue weighted by Crippen LogP contribution is 2.23. The molecule has 4 rings (SSSR count). The van der Waals surface area contributed by atoms with Crippen LogP contribution in [0.5, 0.6) is 0 Å². The van der Waals surface area contributed by atoms with Gasteiger partial charge in [-0.2, -0.15) is 5.10 Å². The second-order valence-corrected chi connectivity index (χ2v) is 7.67. The van der Waals surface area contributed by atoms with Gasteiger partial charge in [-0.25, -0.2) is 0 Å². The van der Waals surface area contributed by atoms with Crippen LogP contribution in [0.3, 0.4) is 0 Å². The van der Waals surface area contributed by atoms with Gasteiger partial charge in [-0.15, -0.1) is 0 Å². The van der Waals surface area contributed by atoms with Gasteiger partial charge in [0.25, 0.3) is 5.91 Å². The van der Waals surface area contributed by atoms with Gasteiger partial charge in [0.05, 0.1) is 5.69 Å². The lowest BCUT2D eigenvalue weighted by Gasteiger charge is -2.41. The van der Waals surface area contributed by atoms with E-state index in [-0.39, 0.29) is 11.9 Å². The summed E-state index contributed by atoms with van der Waals surface area (Å²) in [6, 6.07) is 18.8. The van der Waals surface area contributed by atoms with Crippen LogP contribution >= 0.6 is 0 Å². The van der Waals surface area contributed by atoms with E-state index in [1.807, 2.05) is 23.1 Å². The highest BCUT2D eigenvalue weighted by molar-refractivity contribution is 5.93. The topological polar surface area (TPSA) is 52.2 Å². The zero-order valence-corrected chi connectivity index (χ0v) is 16.6. The molecule has 1 aliphatic heterocycles. The fourth-order valence-electron chi connectivity index (χ4n) is 3.81. The number of piperazine rings is 1. The summed E-state index contributed by atoms with van der Waals surface area (Å²) in [6.07, 6.45) is 0. The van der Waals surface area contributed by atoms with Gasteiger partial charge in [-0.05, 0) is 44.5 Å². The number of hydrogen-bond donors (Lipinski definition) is 1. The second-order valence-electron chi connectivity index (χ2n) is 7.67. The van der Waals surface area contributed by atoms with Gasteiger partial charge in [0.1, 0.15) is 5.69 Å². The number of hydrogen-bond acceptors (Lipinski definition) is 3. The molecule has 1 aromatic heterocycles. The van der Waals surface area contributed by atoms with E-state index in [4.69, 9.17) is 0 Å². The number of aromatic amines is 1. The molecule has 5 nitrogen and oxygen atoms in total. The first-order valence-corrected chi connectivity index (χ1v) is 9.76. The molecule has 1 amide bonds. The van der Waals surface area contributed by atoms with Crippen molar-refractivity contribution >= 4 is 11.6 Å². The smallest absolute Gasteiger partial charge is 0.272 e. The zero-order valence-electron chi connectivity index (χ0n) is 16.6. The maximum absolute atomic E-state index is 13.0. The van der Waals surface area contributed by atoms with E-state index in [9.17, 15) is 4.79 Å². The first-order valence-electron chi connectivity index (χ1n) is 9.76. The van der Waals surface area contributed by atoms with E-state index in [0.29, 0.717) is 18.8 Å². The van der Waals surface area contributed by atoms with Crippen molar-refractivity contribution in [1.29, 1.82) is 0 Å². The summed E-state index contributed by atoms with van der Waals surface area (Å²) < 4.78 is 0. The fourth-order valence-corrected chi connectivity index (χ4v) is 3.81. The molecule has 1 saturated heterocycles. The Morgan fingerprint density at radius 2 is 1.82 bits per heavy atom. The molecule has 0 radical (unpaired) electrons. The summed E-state index contributed by atoms with van der Waals surface area (Å²) in [6.45, 7) is 8.57. The van der Waals surface area contributed by atoms with Crippen LogP contribution in [-0.2, 0) is 0 Å². The van der Waals surface area contributed by atoms with Gasteiger partial charge in [0.2, 0.25) is 0 Å². The number of H-pyrrole nitrogens is 1. The molecular formula is C23H26N4O. The third kappa shape index (κ3) is 3.65. The standard InChI is InChI=1S/C23H26N4O/c1-16-7-9-19(10-8-16)21-14-22(25-24-21)23(28)26-11-12-27(18(3)15-26)20-6-4-5-17(2)13-20/h4-10,13-14,18H,11-12,15H2,1-3H3,(H,24,25)/t18-/m0/s1. The minimum Gasteiger partial charge on any atom is -0.365 e. The Balaban J connectivity index is 1.46. The SMILES string of the molecule is Cc1ccc(-c2cc(C(=O)N3CCN(c4cccc(C)c4)[C@@H](C)C3)[nH]n2)cc1. The number of rotatable bonds is 3. The zero-order chi connectivity index (χ0) is 19.7. The highest BCUT2D eigenvalue weighted by Gasteiger charge is 2.28. The summed E-state index contributed by atoms with van der Waals surface area (Å²) in [5.41, 5.74) is 6.04. The molecule has 1 aliphatic rings. The number of nitrogens with zero attached hydrogens (tertiary/aromatic N) is 3. The summed E-state index contributed by atoms with van der Waals surface area (Å²) in [4.78, 5) is 17.3. The normalized spacial score (nSPS) is 17.0. The lowest BCUT2D eigenvalue weighted by molar-refractivity contribution is 0.0720. The maximum atomic E-state index is 13.0. The van der Waals surface area contributed by atoms with Crippen LogP contribution in [0.25, 0.3) is 11.3 Å². The molecule has 1 fully saturated rings. The van der Waals surface area contributed by atoms with Gasteiger partial charge >= 0.3 is 0 Å². The minimum absolute atomic E-state index is 0.0154. The predicted molar refractivity (Wildman–Crippen MR) is 113 cm³/mol. The van der Waals surface area contributed by atoms with E-state index in [0.717, 1.165) is 17.8 Å². The predicted octanol–water partition coefficient (Wildman–Crippen LogP) is 4.04. The molecule has 0 unspecified atom stereocenters. The number of anilines is 1. The molecule has 1 N–H and O–H groups in total. The molecule has 0 saturated carbocycles. The Morgan fingerprint density at radius 3 is 2.54 bits per heavy atom. The lowest BCUT2D eigenvalue weighted by atomic mass is 10.1. The number of aryl methyl sites for hydroxylation is 2. The van der Waals surface area contributed by atoms with Crippen molar-refractivity contribution in [3.63, 3.8) is 0 Å². The van der Waals surface area contributed by atoms with Crippen molar-refractivity contribution in [1.82, 2.24) is 15.1 Å². The molecule has 0 spiro atoms. The van der Waals surface area contributed by atoms with Crippen LogP contribution in [0.15, 0.2) is 54.6 Å². The second kappa shape index (κ2) is 7.50. The van der Waals surface area contributed by atoms with Crippen molar-refractivity contribution in [3.05, 3.63) is 71.4 Å². The van der Waals surface area contributed by atoms with Crippen LogP contribution in [0, 0.1) is 13.8 Å². The van der Waals surface area contributed by atoms with Gasteiger partial charge < -0.3 is 9.80 Å². The van der Waals surface area contributed by atoms with Crippen molar-refractivity contribution < 1.29 is 4.79 Å². The van der Waals surface area contributed by atoms with Gasteiger partial charge in [0, 0.05) is 36.9 Å². The molecule has 2 aromatic carbocycles. The Morgan fingerprint density at radius 1 is 1.04 bits per heavy atom. The number of amides is 1. The minimum atomic E-state index is 0.0154. The average molecular weight is 374 g/mol. The van der Waals surface area contributed by atoms with Crippen LogP contribution in [0.1, 0.15) is 28.5 Å². The number of carbonyl (C=O) groups excluding carboxylic acids is 1. The average Bonchev–Trinajstić information content (AvgIpc) is 3.18. The summed E-state index contributed by atoms with van der Waals surface area (Å²) >= 11 is 0. The molecule has 144 valence electrons. The molecule has 5 heteroatoms. The first kappa shape index (κ1) is 18.3. The van der Waals surface area contributed by atoms with Crippen LogP contribution < -0.4 is 4.90 Å². The van der Waals surface area contributed by atoms with Crippen molar-refractivity contribution in [3.8, 4) is 11.3 Å². The van der Waals surface area contributed by atoms with Gasteiger partial charge in [0.15, 0.2) is 0 Å². The Kier molecular flexibility index (Phi) is 4.90. The van der Waals surface area contributed by atoms with E-state index in [1.54, 1.807) is 0 Å². The summed E-state index contributed by atoms with van der Waals surface area (Å²) in [5.74, 6) is 0.0154. The molecular weight excluding hydrogens is 348 g/mol. The van der Waals surface area contributed by atoms with Crippen molar-refractivity contribution in [2.45, 2.75) is 26.8 Å². The maximum Gasteiger partial charge on any atom is 0.272 e. The van der Waals surface area contributed by atoms with E-state index in [2.05, 4.69) is 72.3 Å². The van der Waals surface area contributed by atoms with E-state index in [1.165, 1.54) is 16.8 Å². The third-order valence-corrected chi connectivity index (χ3v) is 5.40. The third-order valence-electron chi connectivity index (χ3n) is 5.40. The number of nitrogens with one attached hydrogen (secondary N) is 1. The van der Waals surface area contributed by atoms with E-state index >= 15 is 0 Å². The molecule has 0 aliphatic carbocycles. The van der Waals surface area contributed by atoms with Crippen LogP contribution in [0.2, 0.25) is 0 Å². The highest BCUT2D eigenvalue weighted by atomic mass is 16.2. The Hall–Kier alpha value is -3.08. The summed E-state index contributed by atoms with van der Waals surface area (Å²) in [5, 5.41) is 7.27. The monoisotopic (exact) mass is 374 g/mol. The molecule has 0 bridgehead atoms. The van der Waals surface area contributed by atoms with Gasteiger partial charge in [-0.1, -0.05) is 42.0 Å². The molecule has 1 atom stereocenters. The fraction of sp³-hybridized carbons (Fsp3) is 0.304. The Bertz CT molecular complexity index is 976. The molecule has 2 heterocycles.